The van der Waals surface area contributed by atoms with Crippen LogP contribution in [0.2, 0.25) is 0 Å². The predicted molar refractivity (Wildman–Crippen MR) is 106 cm³/mol. The topological polar surface area (TPSA) is 63.7 Å². The Morgan fingerprint density at radius 2 is 1.52 bits per heavy atom. The fourth-order valence-electron chi connectivity index (χ4n) is 2.96. The van der Waals surface area contributed by atoms with E-state index in [1.807, 2.05) is 45.9 Å². The van der Waals surface area contributed by atoms with E-state index in [9.17, 15) is 13.2 Å². The van der Waals surface area contributed by atoms with Crippen LogP contribution in [-0.4, -0.2) is 31.8 Å². The van der Waals surface area contributed by atoms with Gasteiger partial charge in [-0.2, -0.15) is 4.31 Å². The zero-order valence-electron chi connectivity index (χ0n) is 16.4. The molecule has 0 fully saturated rings. The SMILES string of the molecule is CCN(CC)S(=O)(=O)c1ccc(CCC(=O)Oc2cc(C)cc(C)c2)cc1. The molecule has 0 heterocycles. The molecule has 0 N–H and O–H groups in total. The van der Waals surface area contributed by atoms with E-state index in [0.717, 1.165) is 16.7 Å². The number of hydrogen-bond donors (Lipinski definition) is 0. The zero-order chi connectivity index (χ0) is 20.0. The first-order chi connectivity index (χ1) is 12.8. The maximum atomic E-state index is 12.5. The van der Waals surface area contributed by atoms with Crippen molar-refractivity contribution in [3.8, 4) is 5.75 Å². The van der Waals surface area contributed by atoms with Gasteiger partial charge in [-0.3, -0.25) is 4.79 Å². The largest absolute Gasteiger partial charge is 0.427 e. The third-order valence-electron chi connectivity index (χ3n) is 4.31. The molecule has 0 saturated heterocycles. The van der Waals surface area contributed by atoms with Crippen LogP contribution in [0.1, 0.15) is 37.0 Å². The van der Waals surface area contributed by atoms with Gasteiger partial charge in [0.25, 0.3) is 0 Å². The summed E-state index contributed by atoms with van der Waals surface area (Å²) in [6, 6.07) is 12.4. The van der Waals surface area contributed by atoms with E-state index < -0.39 is 10.0 Å². The van der Waals surface area contributed by atoms with Crippen LogP contribution in [0.15, 0.2) is 47.4 Å². The summed E-state index contributed by atoms with van der Waals surface area (Å²) in [5, 5.41) is 0. The number of carbonyl (C=O) groups excluding carboxylic acids is 1. The summed E-state index contributed by atoms with van der Waals surface area (Å²) < 4.78 is 31.8. The number of rotatable bonds is 8. The summed E-state index contributed by atoms with van der Waals surface area (Å²) in [5.74, 6) is 0.248. The lowest BCUT2D eigenvalue weighted by atomic mass is 10.1. The fraction of sp³-hybridized carbons (Fsp3) is 0.381. The van der Waals surface area contributed by atoms with E-state index in [1.165, 1.54) is 4.31 Å². The van der Waals surface area contributed by atoms with Gasteiger partial charge in [0.2, 0.25) is 10.0 Å². The van der Waals surface area contributed by atoms with Crippen molar-refractivity contribution in [1.82, 2.24) is 4.31 Å². The van der Waals surface area contributed by atoms with Crippen LogP contribution in [0.25, 0.3) is 0 Å². The van der Waals surface area contributed by atoms with Gasteiger partial charge in [-0.1, -0.05) is 32.0 Å². The molecule has 0 radical (unpaired) electrons. The van der Waals surface area contributed by atoms with Crippen LogP contribution in [-0.2, 0) is 21.2 Å². The second kappa shape index (κ2) is 9.15. The second-order valence-electron chi connectivity index (χ2n) is 6.53. The summed E-state index contributed by atoms with van der Waals surface area (Å²) in [7, 11) is -3.46. The number of nitrogens with zero attached hydrogens (tertiary/aromatic N) is 1. The van der Waals surface area contributed by atoms with Crippen molar-refractivity contribution in [2.24, 2.45) is 0 Å². The van der Waals surface area contributed by atoms with Gasteiger partial charge in [-0.15, -0.1) is 0 Å². The second-order valence-corrected chi connectivity index (χ2v) is 8.47. The average Bonchev–Trinajstić information content (AvgIpc) is 2.60. The number of ether oxygens (including phenoxy) is 1. The lowest BCUT2D eigenvalue weighted by Gasteiger charge is -2.18. The summed E-state index contributed by atoms with van der Waals surface area (Å²) in [5.41, 5.74) is 2.98. The molecule has 0 aliphatic carbocycles. The van der Waals surface area contributed by atoms with Crippen LogP contribution in [0.5, 0.6) is 5.75 Å². The van der Waals surface area contributed by atoms with Crippen molar-refractivity contribution in [3.63, 3.8) is 0 Å². The Balaban J connectivity index is 1.97. The van der Waals surface area contributed by atoms with Crippen molar-refractivity contribution in [2.45, 2.75) is 45.4 Å². The molecule has 2 aromatic carbocycles. The van der Waals surface area contributed by atoms with Gasteiger partial charge in [0.1, 0.15) is 5.75 Å². The molecule has 0 aromatic heterocycles. The van der Waals surface area contributed by atoms with E-state index in [0.29, 0.717) is 25.3 Å². The van der Waals surface area contributed by atoms with Crippen molar-refractivity contribution in [1.29, 1.82) is 0 Å². The van der Waals surface area contributed by atoms with Crippen LogP contribution >= 0.6 is 0 Å². The Bertz CT molecular complexity index is 865. The minimum Gasteiger partial charge on any atom is -0.427 e. The minimum absolute atomic E-state index is 0.231. The molecule has 0 aliphatic rings. The van der Waals surface area contributed by atoms with Crippen molar-refractivity contribution in [3.05, 3.63) is 59.2 Å². The number of sulfonamides is 1. The summed E-state index contributed by atoms with van der Waals surface area (Å²) in [6.45, 7) is 8.42. The minimum atomic E-state index is -3.46. The molecule has 0 saturated carbocycles. The van der Waals surface area contributed by atoms with E-state index in [2.05, 4.69) is 0 Å². The molecule has 0 unspecified atom stereocenters. The Labute approximate surface area is 162 Å². The molecule has 2 aromatic rings. The maximum Gasteiger partial charge on any atom is 0.311 e. The summed E-state index contributed by atoms with van der Waals surface area (Å²) >= 11 is 0. The van der Waals surface area contributed by atoms with Crippen LogP contribution in [0.4, 0.5) is 0 Å². The van der Waals surface area contributed by atoms with E-state index in [4.69, 9.17) is 4.74 Å². The van der Waals surface area contributed by atoms with E-state index in [1.54, 1.807) is 24.3 Å². The third-order valence-corrected chi connectivity index (χ3v) is 6.38. The van der Waals surface area contributed by atoms with E-state index in [-0.39, 0.29) is 17.3 Å². The smallest absolute Gasteiger partial charge is 0.311 e. The Hall–Kier alpha value is -2.18. The first kappa shape index (κ1) is 21.1. The molecule has 6 heteroatoms. The molecule has 0 bridgehead atoms. The monoisotopic (exact) mass is 389 g/mol. The average molecular weight is 390 g/mol. The number of carbonyl (C=O) groups is 1. The van der Waals surface area contributed by atoms with Crippen LogP contribution < -0.4 is 4.74 Å². The van der Waals surface area contributed by atoms with Gasteiger partial charge in [0.15, 0.2) is 0 Å². The molecule has 27 heavy (non-hydrogen) atoms. The first-order valence-electron chi connectivity index (χ1n) is 9.14. The molecule has 146 valence electrons. The normalized spacial score (nSPS) is 11.6. The van der Waals surface area contributed by atoms with Gasteiger partial charge >= 0.3 is 5.97 Å². The highest BCUT2D eigenvalue weighted by Gasteiger charge is 2.21. The highest BCUT2D eigenvalue weighted by atomic mass is 32.2. The molecule has 5 nitrogen and oxygen atoms in total. The predicted octanol–water partition coefficient (Wildman–Crippen LogP) is 3.87. The highest BCUT2D eigenvalue weighted by Crippen LogP contribution is 2.19. The van der Waals surface area contributed by atoms with Gasteiger partial charge in [-0.25, -0.2) is 8.42 Å². The number of esters is 1. The molecule has 2 rings (SSSR count). The number of hydrogen-bond acceptors (Lipinski definition) is 4. The summed E-state index contributed by atoms with van der Waals surface area (Å²) in [4.78, 5) is 12.3. The lowest BCUT2D eigenvalue weighted by molar-refractivity contribution is -0.134. The third kappa shape index (κ3) is 5.65. The first-order valence-corrected chi connectivity index (χ1v) is 10.6. The molecule has 0 spiro atoms. The molecule has 0 amide bonds. The number of aryl methyl sites for hydroxylation is 3. The standard InChI is InChI=1S/C21H27NO4S/c1-5-22(6-2)27(24,25)20-10-7-18(8-11-20)9-12-21(23)26-19-14-16(3)13-17(4)15-19/h7-8,10-11,13-15H,5-6,9,12H2,1-4H3. The van der Waals surface area contributed by atoms with Crippen LogP contribution in [0.3, 0.4) is 0 Å². The van der Waals surface area contributed by atoms with Crippen LogP contribution in [0, 0.1) is 13.8 Å². The Kier molecular flexibility index (Phi) is 7.16. The molecule has 0 aliphatic heterocycles. The molecular formula is C21H27NO4S. The van der Waals surface area contributed by atoms with Crippen molar-refractivity contribution in [2.75, 3.05) is 13.1 Å². The lowest BCUT2D eigenvalue weighted by Crippen LogP contribution is -2.30. The van der Waals surface area contributed by atoms with Gasteiger partial charge < -0.3 is 4.74 Å². The van der Waals surface area contributed by atoms with Gasteiger partial charge in [-0.05, 0) is 61.2 Å². The van der Waals surface area contributed by atoms with Crippen molar-refractivity contribution >= 4 is 16.0 Å². The highest BCUT2D eigenvalue weighted by molar-refractivity contribution is 7.89. The number of benzene rings is 2. The Morgan fingerprint density at radius 3 is 2.04 bits per heavy atom. The molecular weight excluding hydrogens is 362 g/mol. The molecule has 0 atom stereocenters. The maximum absolute atomic E-state index is 12.5. The fourth-order valence-corrected chi connectivity index (χ4v) is 4.42. The van der Waals surface area contributed by atoms with Gasteiger partial charge in [0, 0.05) is 19.5 Å². The zero-order valence-corrected chi connectivity index (χ0v) is 17.2. The van der Waals surface area contributed by atoms with E-state index >= 15 is 0 Å². The van der Waals surface area contributed by atoms with Crippen molar-refractivity contribution < 1.29 is 17.9 Å². The Morgan fingerprint density at radius 1 is 0.963 bits per heavy atom. The quantitative estimate of drug-likeness (QED) is 0.508. The summed E-state index contributed by atoms with van der Waals surface area (Å²) in [6.07, 6.45) is 0.727. The van der Waals surface area contributed by atoms with Gasteiger partial charge in [0.05, 0.1) is 4.90 Å².